The van der Waals surface area contributed by atoms with Gasteiger partial charge in [0.05, 0.1) is 23.4 Å². The molecule has 0 saturated heterocycles. The molecule has 0 aliphatic heterocycles. The minimum Gasteiger partial charge on any atom is -0.497 e. The molecule has 4 rings (SSSR count). The van der Waals surface area contributed by atoms with E-state index in [1.807, 2.05) is 19.1 Å². The van der Waals surface area contributed by atoms with E-state index in [0.29, 0.717) is 34.0 Å². The van der Waals surface area contributed by atoms with Crippen LogP contribution < -0.4 is 15.2 Å². The summed E-state index contributed by atoms with van der Waals surface area (Å²) >= 11 is 2.11. The predicted molar refractivity (Wildman–Crippen MR) is 139 cm³/mol. The number of benzene rings is 3. The number of methoxy groups -OCH3 is 1. The lowest BCUT2D eigenvalue weighted by Gasteiger charge is -2.12. The molecule has 4 aromatic rings. The highest BCUT2D eigenvalue weighted by molar-refractivity contribution is 14.1. The Labute approximate surface area is 210 Å². The number of anilines is 1. The van der Waals surface area contributed by atoms with Gasteiger partial charge in [0.25, 0.3) is 5.91 Å². The Morgan fingerprint density at radius 3 is 2.38 bits per heavy atom. The molecule has 0 atom stereocenters. The fraction of sp³-hybridized carbons (Fsp3) is 0.0833. The zero-order valence-corrected chi connectivity index (χ0v) is 21.3. The lowest BCUT2D eigenvalue weighted by Crippen LogP contribution is -2.17. The van der Waals surface area contributed by atoms with Crippen molar-refractivity contribution in [2.24, 2.45) is 5.14 Å². The summed E-state index contributed by atoms with van der Waals surface area (Å²) in [4.78, 5) is 13.1. The average Bonchev–Trinajstić information content (AvgIpc) is 3.20. The summed E-state index contributed by atoms with van der Waals surface area (Å²) in [5.41, 5.74) is 3.56. The minimum atomic E-state index is -3.89. The van der Waals surface area contributed by atoms with Crippen molar-refractivity contribution >= 4 is 44.2 Å². The molecule has 8 nitrogen and oxygen atoms in total. The Balaban J connectivity index is 1.63. The van der Waals surface area contributed by atoms with Crippen molar-refractivity contribution in [3.63, 3.8) is 0 Å². The number of primary sulfonamides is 1. The maximum atomic E-state index is 13.1. The van der Waals surface area contributed by atoms with Crippen molar-refractivity contribution in [2.45, 2.75) is 11.8 Å². The second kappa shape index (κ2) is 9.57. The number of ether oxygens (including phenoxy) is 1. The van der Waals surface area contributed by atoms with Gasteiger partial charge in [0.1, 0.15) is 11.4 Å². The molecule has 0 unspecified atom stereocenters. The van der Waals surface area contributed by atoms with E-state index in [1.54, 1.807) is 66.4 Å². The quantitative estimate of drug-likeness (QED) is 0.325. The summed E-state index contributed by atoms with van der Waals surface area (Å²) in [6.45, 7) is 1.82. The Bertz CT molecular complexity index is 1480. The number of carbonyl (C=O) groups excluding carboxylic acids is 1. The van der Waals surface area contributed by atoms with E-state index in [4.69, 9.17) is 9.88 Å². The average molecular weight is 588 g/mol. The molecule has 174 valence electrons. The molecule has 10 heteroatoms. The van der Waals surface area contributed by atoms with Crippen LogP contribution >= 0.6 is 22.6 Å². The van der Waals surface area contributed by atoms with Crippen molar-refractivity contribution in [2.75, 3.05) is 12.4 Å². The number of amides is 1. The van der Waals surface area contributed by atoms with Crippen LogP contribution in [-0.2, 0) is 10.0 Å². The Morgan fingerprint density at radius 1 is 1.03 bits per heavy atom. The van der Waals surface area contributed by atoms with Gasteiger partial charge in [-0.3, -0.25) is 4.79 Å². The number of hydrogen-bond donors (Lipinski definition) is 2. The van der Waals surface area contributed by atoms with Gasteiger partial charge in [0.15, 0.2) is 0 Å². The molecule has 3 N–H and O–H groups in total. The van der Waals surface area contributed by atoms with Crippen molar-refractivity contribution < 1.29 is 17.9 Å². The number of carbonyl (C=O) groups is 1. The summed E-state index contributed by atoms with van der Waals surface area (Å²) in [6, 6.07) is 20.7. The van der Waals surface area contributed by atoms with Crippen LogP contribution in [0.25, 0.3) is 16.8 Å². The molecule has 0 fully saturated rings. The first-order valence-electron chi connectivity index (χ1n) is 10.1. The number of nitrogens with zero attached hydrogens (tertiary/aromatic N) is 2. The van der Waals surface area contributed by atoms with Crippen molar-refractivity contribution in [1.82, 2.24) is 9.78 Å². The highest BCUT2D eigenvalue weighted by Crippen LogP contribution is 2.32. The van der Waals surface area contributed by atoms with Gasteiger partial charge in [0.2, 0.25) is 10.0 Å². The van der Waals surface area contributed by atoms with Crippen molar-refractivity contribution in [1.29, 1.82) is 0 Å². The lowest BCUT2D eigenvalue weighted by atomic mass is 10.1. The summed E-state index contributed by atoms with van der Waals surface area (Å²) in [5.74, 6) is 0.377. The maximum Gasteiger partial charge on any atom is 0.274 e. The van der Waals surface area contributed by atoms with E-state index in [1.165, 1.54) is 6.07 Å². The molecule has 34 heavy (non-hydrogen) atoms. The topological polar surface area (TPSA) is 116 Å². The van der Waals surface area contributed by atoms with Gasteiger partial charge in [-0.25, -0.2) is 18.2 Å². The Hall–Kier alpha value is -3.22. The summed E-state index contributed by atoms with van der Waals surface area (Å²) in [7, 11) is -2.30. The van der Waals surface area contributed by atoms with Gasteiger partial charge in [-0.15, -0.1) is 0 Å². The van der Waals surface area contributed by atoms with Gasteiger partial charge >= 0.3 is 0 Å². The van der Waals surface area contributed by atoms with Gasteiger partial charge < -0.3 is 10.1 Å². The molecule has 0 saturated carbocycles. The number of rotatable bonds is 6. The number of aryl methyl sites for hydroxylation is 1. The summed E-state index contributed by atoms with van der Waals surface area (Å²) < 4.78 is 31.5. The maximum absolute atomic E-state index is 13.1. The van der Waals surface area contributed by atoms with Crippen molar-refractivity contribution in [3.8, 4) is 22.6 Å². The molecule has 0 aliphatic carbocycles. The van der Waals surface area contributed by atoms with E-state index >= 15 is 0 Å². The second-order valence-corrected chi connectivity index (χ2v) is 10.2. The Morgan fingerprint density at radius 2 is 1.74 bits per heavy atom. The summed E-state index contributed by atoms with van der Waals surface area (Å²) in [5, 5.41) is 12.7. The normalized spacial score (nSPS) is 11.3. The molecule has 0 aliphatic rings. The van der Waals surface area contributed by atoms with Gasteiger partial charge in [0, 0.05) is 14.8 Å². The number of aromatic nitrogens is 2. The van der Waals surface area contributed by atoms with Gasteiger partial charge in [-0.2, -0.15) is 5.10 Å². The van der Waals surface area contributed by atoms with Crippen molar-refractivity contribution in [3.05, 3.63) is 87.8 Å². The molecule has 0 bridgehead atoms. The fourth-order valence-corrected chi connectivity index (χ4v) is 5.08. The second-order valence-electron chi connectivity index (χ2n) is 7.47. The number of sulfonamides is 1. The summed E-state index contributed by atoms with van der Waals surface area (Å²) in [6.07, 6.45) is 0. The standard InChI is InChI=1S/C24H21IN4O4S/c1-15-13-22(29(28-15)17-8-10-18(33-2)11-9-17)24(30)27-16-7-12-19(21(25)14-16)20-5-3-4-6-23(20)34(26,31)32/h3-14H,1-2H3,(H,27,30)(H2,26,31,32). The molecular formula is C24H21IN4O4S. The number of nitrogens with two attached hydrogens (primary N) is 1. The minimum absolute atomic E-state index is 0.0450. The number of hydrogen-bond acceptors (Lipinski definition) is 5. The van der Waals surface area contributed by atoms with Crippen LogP contribution in [0.1, 0.15) is 16.2 Å². The van der Waals surface area contributed by atoms with E-state index < -0.39 is 10.0 Å². The molecule has 1 aromatic heterocycles. The van der Waals surface area contributed by atoms with Crippen LogP contribution in [0, 0.1) is 10.5 Å². The SMILES string of the molecule is COc1ccc(-n2nc(C)cc2C(=O)Nc2ccc(-c3ccccc3S(N)(=O)=O)c(I)c2)cc1. The van der Waals surface area contributed by atoms with Crippen LogP contribution in [0.2, 0.25) is 0 Å². The zero-order valence-electron chi connectivity index (χ0n) is 18.3. The van der Waals surface area contributed by atoms with E-state index in [9.17, 15) is 13.2 Å². The number of halogens is 1. The van der Waals surface area contributed by atoms with E-state index in [-0.39, 0.29) is 10.8 Å². The number of nitrogens with one attached hydrogen (secondary N) is 1. The first-order valence-corrected chi connectivity index (χ1v) is 12.7. The van der Waals surface area contributed by atoms with Crippen LogP contribution in [0.15, 0.2) is 77.7 Å². The Kier molecular flexibility index (Phi) is 6.73. The van der Waals surface area contributed by atoms with Crippen LogP contribution in [0.4, 0.5) is 5.69 Å². The first-order chi connectivity index (χ1) is 16.2. The first kappa shape index (κ1) is 23.9. The van der Waals surface area contributed by atoms with Crippen LogP contribution in [0.3, 0.4) is 0 Å². The highest BCUT2D eigenvalue weighted by Gasteiger charge is 2.19. The smallest absolute Gasteiger partial charge is 0.274 e. The molecule has 1 heterocycles. The highest BCUT2D eigenvalue weighted by atomic mass is 127. The molecular weight excluding hydrogens is 567 g/mol. The molecule has 1 amide bonds. The lowest BCUT2D eigenvalue weighted by molar-refractivity contribution is 0.101. The largest absolute Gasteiger partial charge is 0.497 e. The molecule has 3 aromatic carbocycles. The van der Waals surface area contributed by atoms with E-state index in [2.05, 4.69) is 33.0 Å². The van der Waals surface area contributed by atoms with Gasteiger partial charge in [-0.05, 0) is 83.6 Å². The third kappa shape index (κ3) is 4.98. The molecule has 0 spiro atoms. The third-order valence-electron chi connectivity index (χ3n) is 5.09. The molecule has 0 radical (unpaired) electrons. The predicted octanol–water partition coefficient (Wildman–Crippen LogP) is 4.36. The fourth-order valence-electron chi connectivity index (χ4n) is 3.53. The van der Waals surface area contributed by atoms with E-state index in [0.717, 1.165) is 9.26 Å². The third-order valence-corrected chi connectivity index (χ3v) is 6.95. The van der Waals surface area contributed by atoms with Crippen LogP contribution in [0.5, 0.6) is 5.75 Å². The monoisotopic (exact) mass is 588 g/mol. The zero-order chi connectivity index (χ0) is 24.5. The van der Waals surface area contributed by atoms with Gasteiger partial charge in [-0.1, -0.05) is 24.3 Å². The van der Waals surface area contributed by atoms with Crippen LogP contribution in [-0.4, -0.2) is 31.2 Å².